The molecule has 2 atom stereocenters. The Kier molecular flexibility index (Phi) is 11.2. The van der Waals surface area contributed by atoms with Crippen molar-refractivity contribution in [3.63, 3.8) is 0 Å². The number of carbonyl (C=O) groups is 1. The van der Waals surface area contributed by atoms with Gasteiger partial charge in [0.1, 0.15) is 0 Å². The number of hydrogen-bond donors (Lipinski definition) is 2. The van der Waals surface area contributed by atoms with E-state index in [1.165, 1.54) is 12.0 Å². The van der Waals surface area contributed by atoms with Gasteiger partial charge in [-0.1, -0.05) is 30.3 Å². The lowest BCUT2D eigenvalue weighted by atomic mass is 10.0. The van der Waals surface area contributed by atoms with Gasteiger partial charge in [0.15, 0.2) is 0 Å². The maximum atomic E-state index is 12.0. The van der Waals surface area contributed by atoms with Gasteiger partial charge >= 0.3 is 0 Å². The van der Waals surface area contributed by atoms with Crippen molar-refractivity contribution in [2.75, 3.05) is 39.3 Å². The zero-order valence-electron chi connectivity index (χ0n) is 15.2. The lowest BCUT2D eigenvalue weighted by Crippen LogP contribution is -2.47. The van der Waals surface area contributed by atoms with E-state index in [9.17, 15) is 4.79 Å². The standard InChI is InChI=1S/C19H29N3O2.2ClH/c23-19(7-6-16-8-9-20-12-16)21-13-18-15-22(10-11-24-18)14-17-4-2-1-3-5-17;;/h1-5,16,18,20H,6-15H2,(H,21,23);2*1H. The molecule has 2 fully saturated rings. The molecule has 1 amide bonds. The number of halogens is 2. The highest BCUT2D eigenvalue weighted by Gasteiger charge is 2.21. The fourth-order valence-corrected chi connectivity index (χ4v) is 3.50. The molecule has 148 valence electrons. The van der Waals surface area contributed by atoms with E-state index in [2.05, 4.69) is 39.8 Å². The van der Waals surface area contributed by atoms with Gasteiger partial charge in [0, 0.05) is 32.6 Å². The Hall–Kier alpha value is -0.850. The number of morpholine rings is 1. The second-order valence-electron chi connectivity index (χ2n) is 6.92. The summed E-state index contributed by atoms with van der Waals surface area (Å²) in [5.74, 6) is 0.828. The van der Waals surface area contributed by atoms with Crippen LogP contribution < -0.4 is 10.6 Å². The van der Waals surface area contributed by atoms with E-state index < -0.39 is 0 Å². The van der Waals surface area contributed by atoms with E-state index in [0.717, 1.165) is 45.8 Å². The zero-order chi connectivity index (χ0) is 16.6. The Labute approximate surface area is 169 Å². The molecule has 0 saturated carbocycles. The molecule has 2 unspecified atom stereocenters. The minimum atomic E-state index is 0. The summed E-state index contributed by atoms with van der Waals surface area (Å²) >= 11 is 0. The molecule has 1 aromatic rings. The lowest BCUT2D eigenvalue weighted by Gasteiger charge is -2.33. The van der Waals surface area contributed by atoms with Crippen molar-refractivity contribution in [3.05, 3.63) is 35.9 Å². The first kappa shape index (κ1) is 23.2. The van der Waals surface area contributed by atoms with E-state index >= 15 is 0 Å². The first-order chi connectivity index (χ1) is 11.8. The van der Waals surface area contributed by atoms with Crippen LogP contribution in [-0.2, 0) is 16.1 Å². The van der Waals surface area contributed by atoms with Crippen LogP contribution in [0.5, 0.6) is 0 Å². The van der Waals surface area contributed by atoms with Crippen LogP contribution in [0.4, 0.5) is 0 Å². The molecule has 0 radical (unpaired) electrons. The maximum absolute atomic E-state index is 12.0. The van der Waals surface area contributed by atoms with Crippen molar-refractivity contribution in [3.8, 4) is 0 Å². The lowest BCUT2D eigenvalue weighted by molar-refractivity contribution is -0.122. The molecule has 2 aliphatic rings. The Morgan fingerprint density at radius 1 is 1.27 bits per heavy atom. The van der Waals surface area contributed by atoms with Crippen LogP contribution in [0.2, 0.25) is 0 Å². The van der Waals surface area contributed by atoms with Crippen LogP contribution in [0.3, 0.4) is 0 Å². The first-order valence-electron chi connectivity index (χ1n) is 9.15. The van der Waals surface area contributed by atoms with Crippen LogP contribution in [-0.4, -0.2) is 56.2 Å². The van der Waals surface area contributed by atoms with Gasteiger partial charge in [0.25, 0.3) is 0 Å². The van der Waals surface area contributed by atoms with E-state index in [0.29, 0.717) is 18.9 Å². The van der Waals surface area contributed by atoms with Gasteiger partial charge in [-0.3, -0.25) is 9.69 Å². The van der Waals surface area contributed by atoms with Gasteiger partial charge in [0.2, 0.25) is 5.91 Å². The Bertz CT molecular complexity index is 513. The molecule has 2 N–H and O–H groups in total. The molecular weight excluding hydrogens is 373 g/mol. The predicted octanol–water partition coefficient (Wildman–Crippen LogP) is 2.24. The molecule has 1 aromatic carbocycles. The van der Waals surface area contributed by atoms with Gasteiger partial charge in [-0.15, -0.1) is 24.8 Å². The van der Waals surface area contributed by atoms with Gasteiger partial charge in [-0.25, -0.2) is 0 Å². The Morgan fingerprint density at radius 2 is 2.08 bits per heavy atom. The van der Waals surface area contributed by atoms with Gasteiger partial charge in [-0.2, -0.15) is 0 Å². The van der Waals surface area contributed by atoms with Crippen molar-refractivity contribution in [2.24, 2.45) is 5.92 Å². The summed E-state index contributed by atoms with van der Waals surface area (Å²) in [5, 5.41) is 6.40. The third-order valence-electron chi connectivity index (χ3n) is 4.94. The summed E-state index contributed by atoms with van der Waals surface area (Å²) in [6, 6.07) is 10.5. The first-order valence-corrected chi connectivity index (χ1v) is 9.15. The monoisotopic (exact) mass is 403 g/mol. The molecule has 5 nitrogen and oxygen atoms in total. The predicted molar refractivity (Wildman–Crippen MR) is 109 cm³/mol. The summed E-state index contributed by atoms with van der Waals surface area (Å²) in [6.45, 7) is 6.29. The molecule has 0 spiro atoms. The van der Waals surface area contributed by atoms with Crippen molar-refractivity contribution in [1.29, 1.82) is 0 Å². The third kappa shape index (κ3) is 7.80. The molecule has 7 heteroatoms. The van der Waals surface area contributed by atoms with E-state index in [1.807, 2.05) is 6.07 Å². The topological polar surface area (TPSA) is 53.6 Å². The number of ether oxygens (including phenoxy) is 1. The number of carbonyl (C=O) groups excluding carboxylic acids is 1. The van der Waals surface area contributed by atoms with Crippen LogP contribution >= 0.6 is 24.8 Å². The summed E-state index contributed by atoms with van der Waals surface area (Å²) < 4.78 is 5.81. The largest absolute Gasteiger partial charge is 0.374 e. The van der Waals surface area contributed by atoms with Gasteiger partial charge in [0.05, 0.1) is 12.7 Å². The van der Waals surface area contributed by atoms with E-state index in [-0.39, 0.29) is 36.8 Å². The average Bonchev–Trinajstić information content (AvgIpc) is 3.13. The number of rotatable bonds is 7. The quantitative estimate of drug-likeness (QED) is 0.732. The molecule has 2 heterocycles. The minimum absolute atomic E-state index is 0. The molecule has 0 aromatic heterocycles. The van der Waals surface area contributed by atoms with Crippen LogP contribution in [0.1, 0.15) is 24.8 Å². The molecule has 2 saturated heterocycles. The maximum Gasteiger partial charge on any atom is 0.220 e. The number of hydrogen-bond acceptors (Lipinski definition) is 4. The van der Waals surface area contributed by atoms with Gasteiger partial charge in [-0.05, 0) is 37.4 Å². The van der Waals surface area contributed by atoms with Crippen LogP contribution in [0.25, 0.3) is 0 Å². The minimum Gasteiger partial charge on any atom is -0.374 e. The van der Waals surface area contributed by atoms with Crippen molar-refractivity contribution >= 4 is 30.7 Å². The molecular formula is C19H31Cl2N3O2. The SMILES string of the molecule is Cl.Cl.O=C(CCC1CCNC1)NCC1CN(Cc2ccccc2)CCO1. The van der Waals surface area contributed by atoms with Crippen molar-refractivity contribution in [1.82, 2.24) is 15.5 Å². The summed E-state index contributed by atoms with van der Waals surface area (Å²) in [7, 11) is 0. The molecule has 0 bridgehead atoms. The highest BCUT2D eigenvalue weighted by atomic mass is 35.5. The smallest absolute Gasteiger partial charge is 0.220 e. The average molecular weight is 404 g/mol. The van der Waals surface area contributed by atoms with Crippen molar-refractivity contribution < 1.29 is 9.53 Å². The highest BCUT2D eigenvalue weighted by molar-refractivity contribution is 5.85. The van der Waals surface area contributed by atoms with E-state index in [1.54, 1.807) is 0 Å². The summed E-state index contributed by atoms with van der Waals surface area (Å²) in [6.07, 6.45) is 2.92. The molecule has 0 aliphatic carbocycles. The van der Waals surface area contributed by atoms with Crippen LogP contribution in [0, 0.1) is 5.92 Å². The Balaban J connectivity index is 0.00000169. The fourth-order valence-electron chi connectivity index (χ4n) is 3.50. The third-order valence-corrected chi connectivity index (χ3v) is 4.94. The Morgan fingerprint density at radius 3 is 2.81 bits per heavy atom. The van der Waals surface area contributed by atoms with Crippen molar-refractivity contribution in [2.45, 2.75) is 31.9 Å². The summed E-state index contributed by atoms with van der Waals surface area (Å²) in [5.41, 5.74) is 1.33. The molecule has 3 rings (SSSR count). The number of nitrogens with one attached hydrogen (secondary N) is 2. The van der Waals surface area contributed by atoms with Crippen LogP contribution in [0.15, 0.2) is 30.3 Å². The zero-order valence-corrected chi connectivity index (χ0v) is 16.8. The van der Waals surface area contributed by atoms with Gasteiger partial charge < -0.3 is 15.4 Å². The second kappa shape index (κ2) is 12.5. The fraction of sp³-hybridized carbons (Fsp3) is 0.632. The number of amides is 1. The molecule has 2 aliphatic heterocycles. The van der Waals surface area contributed by atoms with E-state index in [4.69, 9.17) is 4.74 Å². The number of benzene rings is 1. The number of nitrogens with zero attached hydrogens (tertiary/aromatic N) is 1. The highest BCUT2D eigenvalue weighted by Crippen LogP contribution is 2.14. The second-order valence-corrected chi connectivity index (χ2v) is 6.92. The molecule has 26 heavy (non-hydrogen) atoms. The summed E-state index contributed by atoms with van der Waals surface area (Å²) in [4.78, 5) is 14.4. The normalized spacial score (nSPS) is 22.9.